The maximum absolute atomic E-state index is 9.44. The Kier molecular flexibility index (Phi) is 1.42. The fourth-order valence-corrected chi connectivity index (χ4v) is 1.04. The summed E-state index contributed by atoms with van der Waals surface area (Å²) < 4.78 is 4.78. The molecule has 4 nitrogen and oxygen atoms in total. The van der Waals surface area contributed by atoms with Gasteiger partial charge in [0.05, 0.1) is 5.60 Å². The van der Waals surface area contributed by atoms with Gasteiger partial charge in [0.25, 0.3) is 0 Å². The fourth-order valence-electron chi connectivity index (χ4n) is 1.04. The second-order valence-electron chi connectivity index (χ2n) is 3.06. The fraction of sp³-hybridized carbons (Fsp3) is 0.714. The monoisotopic (exact) mass is 154 g/mol. The van der Waals surface area contributed by atoms with Crippen LogP contribution in [0.3, 0.4) is 0 Å². The average Bonchev–Trinajstić information content (AvgIpc) is 2.53. The summed E-state index contributed by atoms with van der Waals surface area (Å²) in [5.74, 6) is 0.616. The van der Waals surface area contributed by atoms with Gasteiger partial charge in [-0.15, -0.1) is 0 Å². The molecule has 0 aromatic carbocycles. The second kappa shape index (κ2) is 2.30. The van der Waals surface area contributed by atoms with Gasteiger partial charge < -0.3 is 9.63 Å². The van der Waals surface area contributed by atoms with Crippen molar-refractivity contribution < 1.29 is 9.63 Å². The Morgan fingerprint density at radius 1 is 1.64 bits per heavy atom. The molecule has 0 spiro atoms. The van der Waals surface area contributed by atoms with E-state index in [2.05, 4.69) is 10.1 Å². The van der Waals surface area contributed by atoms with Crippen molar-refractivity contribution in [1.29, 1.82) is 0 Å². The molecular weight excluding hydrogens is 144 g/mol. The molecule has 1 heterocycles. The highest BCUT2D eigenvalue weighted by atomic mass is 16.5. The third-order valence-electron chi connectivity index (χ3n) is 2.04. The van der Waals surface area contributed by atoms with Gasteiger partial charge in [-0.2, -0.15) is 4.98 Å². The van der Waals surface area contributed by atoms with E-state index in [4.69, 9.17) is 4.52 Å². The summed E-state index contributed by atoms with van der Waals surface area (Å²) >= 11 is 0. The van der Waals surface area contributed by atoms with Crippen molar-refractivity contribution >= 4 is 0 Å². The Labute approximate surface area is 64.2 Å². The number of aromatic nitrogens is 2. The molecule has 1 fully saturated rings. The van der Waals surface area contributed by atoms with E-state index in [0.717, 1.165) is 19.3 Å². The summed E-state index contributed by atoms with van der Waals surface area (Å²) in [5.41, 5.74) is -0.408. The molecule has 1 aliphatic carbocycles. The van der Waals surface area contributed by atoms with E-state index >= 15 is 0 Å². The summed E-state index contributed by atoms with van der Waals surface area (Å²) in [6.45, 7) is 0. The molecule has 1 aliphatic rings. The van der Waals surface area contributed by atoms with Crippen LogP contribution in [0.1, 0.15) is 25.2 Å². The normalized spacial score (nSPS) is 20.1. The van der Waals surface area contributed by atoms with Crippen LogP contribution >= 0.6 is 0 Å². The lowest BCUT2D eigenvalue weighted by molar-refractivity contribution is 0.137. The molecule has 11 heavy (non-hydrogen) atoms. The first-order valence-corrected chi connectivity index (χ1v) is 3.76. The van der Waals surface area contributed by atoms with Gasteiger partial charge in [0.15, 0.2) is 6.33 Å². The number of hydrogen-bond donors (Lipinski definition) is 1. The first-order valence-electron chi connectivity index (χ1n) is 3.76. The highest BCUT2D eigenvalue weighted by Gasteiger charge is 2.39. The molecule has 0 amide bonds. The molecule has 1 N–H and O–H groups in total. The van der Waals surface area contributed by atoms with Crippen LogP contribution in [0.2, 0.25) is 0 Å². The predicted octanol–water partition coefficient (Wildman–Crippen LogP) is 0.527. The number of hydrogen-bond acceptors (Lipinski definition) is 4. The Morgan fingerprint density at radius 3 is 3.00 bits per heavy atom. The van der Waals surface area contributed by atoms with E-state index in [1.807, 2.05) is 0 Å². The molecule has 1 saturated carbocycles. The second-order valence-corrected chi connectivity index (χ2v) is 3.06. The van der Waals surface area contributed by atoms with Gasteiger partial charge >= 0.3 is 0 Å². The van der Waals surface area contributed by atoms with Crippen molar-refractivity contribution in [3.63, 3.8) is 0 Å². The first-order chi connectivity index (χ1) is 5.29. The molecule has 0 aliphatic heterocycles. The summed E-state index contributed by atoms with van der Waals surface area (Å²) in [5, 5.41) is 12.9. The van der Waals surface area contributed by atoms with Gasteiger partial charge in [0, 0.05) is 6.42 Å². The molecule has 1 aromatic rings. The maximum Gasteiger partial charge on any atom is 0.226 e. The number of aryl methyl sites for hydroxylation is 1. The summed E-state index contributed by atoms with van der Waals surface area (Å²) in [4.78, 5) is 3.86. The molecule has 2 rings (SSSR count). The number of nitrogens with zero attached hydrogens (tertiary/aromatic N) is 2. The molecule has 4 heteroatoms. The Bertz CT molecular complexity index is 229. The van der Waals surface area contributed by atoms with Crippen LogP contribution in [-0.4, -0.2) is 20.8 Å². The molecule has 0 bridgehead atoms. The van der Waals surface area contributed by atoms with E-state index in [9.17, 15) is 5.11 Å². The van der Waals surface area contributed by atoms with Crippen LogP contribution in [0.5, 0.6) is 0 Å². The Morgan fingerprint density at radius 2 is 2.45 bits per heavy atom. The highest BCUT2D eigenvalue weighted by molar-refractivity contribution is 4.95. The minimum atomic E-state index is -0.408. The highest BCUT2D eigenvalue weighted by Crippen LogP contribution is 2.38. The Balaban J connectivity index is 1.83. The Hall–Kier alpha value is -0.900. The third kappa shape index (κ3) is 1.57. The standard InChI is InChI=1S/C7H10N2O2/c10-7(3-4-7)2-1-6-8-5-9-11-6/h5,10H,1-4H2. The third-order valence-corrected chi connectivity index (χ3v) is 2.04. The average molecular weight is 154 g/mol. The summed E-state index contributed by atoms with van der Waals surface area (Å²) in [6.07, 6.45) is 4.65. The minimum Gasteiger partial charge on any atom is -0.390 e. The van der Waals surface area contributed by atoms with E-state index in [1.165, 1.54) is 6.33 Å². The van der Waals surface area contributed by atoms with Gasteiger partial charge in [-0.1, -0.05) is 5.16 Å². The van der Waals surface area contributed by atoms with Crippen molar-refractivity contribution in [2.75, 3.05) is 0 Å². The molecule has 0 atom stereocenters. The van der Waals surface area contributed by atoms with Gasteiger partial charge in [-0.25, -0.2) is 0 Å². The zero-order chi connectivity index (χ0) is 7.73. The molecular formula is C7H10N2O2. The van der Waals surface area contributed by atoms with E-state index < -0.39 is 5.60 Å². The number of aliphatic hydroxyl groups is 1. The smallest absolute Gasteiger partial charge is 0.226 e. The zero-order valence-electron chi connectivity index (χ0n) is 6.16. The zero-order valence-corrected chi connectivity index (χ0v) is 6.16. The topological polar surface area (TPSA) is 59.2 Å². The van der Waals surface area contributed by atoms with Gasteiger partial charge in [0.1, 0.15) is 0 Å². The lowest BCUT2D eigenvalue weighted by Gasteiger charge is -2.02. The molecule has 60 valence electrons. The lowest BCUT2D eigenvalue weighted by atomic mass is 10.2. The lowest BCUT2D eigenvalue weighted by Crippen LogP contribution is -2.07. The van der Waals surface area contributed by atoms with Crippen LogP contribution in [-0.2, 0) is 6.42 Å². The quantitative estimate of drug-likeness (QED) is 0.689. The summed E-state index contributed by atoms with van der Waals surface area (Å²) in [6, 6.07) is 0. The maximum atomic E-state index is 9.44. The van der Waals surface area contributed by atoms with Crippen molar-refractivity contribution in [3.8, 4) is 0 Å². The van der Waals surface area contributed by atoms with Crippen molar-refractivity contribution in [2.45, 2.75) is 31.3 Å². The van der Waals surface area contributed by atoms with Crippen molar-refractivity contribution in [2.24, 2.45) is 0 Å². The van der Waals surface area contributed by atoms with Crippen LogP contribution in [0, 0.1) is 0 Å². The van der Waals surface area contributed by atoms with Crippen molar-refractivity contribution in [1.82, 2.24) is 10.1 Å². The van der Waals surface area contributed by atoms with E-state index in [1.54, 1.807) is 0 Å². The van der Waals surface area contributed by atoms with E-state index in [-0.39, 0.29) is 0 Å². The molecule has 0 saturated heterocycles. The van der Waals surface area contributed by atoms with Gasteiger partial charge in [-0.3, -0.25) is 0 Å². The predicted molar refractivity (Wildman–Crippen MR) is 36.8 cm³/mol. The SMILES string of the molecule is OC1(CCc2ncno2)CC1. The van der Waals surface area contributed by atoms with Gasteiger partial charge in [-0.05, 0) is 19.3 Å². The molecule has 0 unspecified atom stereocenters. The van der Waals surface area contributed by atoms with Crippen LogP contribution in [0.4, 0.5) is 0 Å². The van der Waals surface area contributed by atoms with Crippen LogP contribution in [0.15, 0.2) is 10.9 Å². The van der Waals surface area contributed by atoms with Crippen LogP contribution in [0.25, 0.3) is 0 Å². The molecule has 1 aromatic heterocycles. The summed E-state index contributed by atoms with van der Waals surface area (Å²) in [7, 11) is 0. The van der Waals surface area contributed by atoms with Crippen LogP contribution < -0.4 is 0 Å². The molecule has 0 radical (unpaired) electrons. The van der Waals surface area contributed by atoms with Crippen molar-refractivity contribution in [3.05, 3.63) is 12.2 Å². The first kappa shape index (κ1) is 6.79. The minimum absolute atomic E-state index is 0.408. The van der Waals surface area contributed by atoms with Gasteiger partial charge in [0.2, 0.25) is 5.89 Å². The largest absolute Gasteiger partial charge is 0.390 e. The van der Waals surface area contributed by atoms with E-state index in [0.29, 0.717) is 12.3 Å². The number of rotatable bonds is 3.